The maximum absolute atomic E-state index is 6.00. The number of hydrogen-bond donors (Lipinski definition) is 1. The number of nitrogen functional groups attached to an aromatic ring is 1. The highest BCUT2D eigenvalue weighted by molar-refractivity contribution is 6.35. The summed E-state index contributed by atoms with van der Waals surface area (Å²) < 4.78 is 5.65. The minimum absolute atomic E-state index is 0.312. The molecule has 0 aliphatic carbocycles. The molecule has 0 saturated carbocycles. The zero-order chi connectivity index (χ0) is 13.3. The first-order valence-electron chi connectivity index (χ1n) is 5.33. The highest BCUT2D eigenvalue weighted by Crippen LogP contribution is 2.32. The first-order chi connectivity index (χ1) is 8.47. The molecule has 2 rings (SSSR count). The van der Waals surface area contributed by atoms with Gasteiger partial charge in [-0.25, -0.2) is 4.98 Å². The maximum Gasteiger partial charge on any atom is 0.238 e. The van der Waals surface area contributed by atoms with Crippen molar-refractivity contribution in [3.05, 3.63) is 45.6 Å². The maximum atomic E-state index is 6.00. The van der Waals surface area contributed by atoms with Crippen molar-refractivity contribution in [1.29, 1.82) is 0 Å². The van der Waals surface area contributed by atoms with E-state index in [9.17, 15) is 0 Å². The van der Waals surface area contributed by atoms with Gasteiger partial charge in [0.05, 0.1) is 5.02 Å². The molecule has 0 fully saturated rings. The standard InChI is InChI=1S/C13H12Cl2N2O/c1-7-3-8(2)12(5-11(7)16)18-13-10(15)4-9(14)6-17-13/h3-6H,16H2,1-2H3. The number of aromatic nitrogens is 1. The van der Waals surface area contributed by atoms with Gasteiger partial charge in [0.2, 0.25) is 5.88 Å². The SMILES string of the molecule is Cc1cc(C)c(Oc2ncc(Cl)cc2Cl)cc1N. The summed E-state index contributed by atoms with van der Waals surface area (Å²) in [4.78, 5) is 4.04. The van der Waals surface area contributed by atoms with Crippen LogP contribution in [-0.4, -0.2) is 4.98 Å². The minimum atomic E-state index is 0.312. The summed E-state index contributed by atoms with van der Waals surface area (Å²) in [5.74, 6) is 0.947. The fraction of sp³-hybridized carbons (Fsp3) is 0.154. The van der Waals surface area contributed by atoms with E-state index in [0.717, 1.165) is 11.1 Å². The number of rotatable bonds is 2. The van der Waals surface area contributed by atoms with E-state index < -0.39 is 0 Å². The number of ether oxygens (including phenoxy) is 1. The fourth-order valence-electron chi connectivity index (χ4n) is 1.54. The molecule has 0 amide bonds. The Morgan fingerprint density at radius 1 is 1.11 bits per heavy atom. The van der Waals surface area contributed by atoms with Crippen molar-refractivity contribution >= 4 is 28.9 Å². The summed E-state index contributed by atoms with van der Waals surface area (Å²) in [6, 6.07) is 5.30. The van der Waals surface area contributed by atoms with Crippen LogP contribution in [0.1, 0.15) is 11.1 Å². The van der Waals surface area contributed by atoms with E-state index in [1.807, 2.05) is 19.9 Å². The van der Waals surface area contributed by atoms with E-state index in [-0.39, 0.29) is 0 Å². The Balaban J connectivity index is 2.37. The molecule has 3 nitrogen and oxygen atoms in total. The number of benzene rings is 1. The van der Waals surface area contributed by atoms with E-state index in [4.69, 9.17) is 33.7 Å². The second-order valence-corrected chi connectivity index (χ2v) is 4.86. The quantitative estimate of drug-likeness (QED) is 0.832. The molecule has 2 aromatic rings. The van der Waals surface area contributed by atoms with Crippen LogP contribution in [0.2, 0.25) is 10.0 Å². The second kappa shape index (κ2) is 5.04. The summed E-state index contributed by atoms with van der Waals surface area (Å²) in [7, 11) is 0. The largest absolute Gasteiger partial charge is 0.437 e. The smallest absolute Gasteiger partial charge is 0.238 e. The Hall–Kier alpha value is -1.45. The van der Waals surface area contributed by atoms with Crippen molar-refractivity contribution in [2.75, 3.05) is 5.73 Å². The summed E-state index contributed by atoms with van der Waals surface area (Å²) >= 11 is 11.8. The zero-order valence-corrected chi connectivity index (χ0v) is 11.5. The molecule has 0 unspecified atom stereocenters. The van der Waals surface area contributed by atoms with E-state index in [1.54, 1.807) is 12.1 Å². The molecule has 1 aromatic heterocycles. The summed E-state index contributed by atoms with van der Waals surface area (Å²) in [5.41, 5.74) is 8.49. The monoisotopic (exact) mass is 282 g/mol. The van der Waals surface area contributed by atoms with Gasteiger partial charge >= 0.3 is 0 Å². The highest BCUT2D eigenvalue weighted by atomic mass is 35.5. The normalized spacial score (nSPS) is 10.4. The van der Waals surface area contributed by atoms with Gasteiger partial charge in [0.25, 0.3) is 0 Å². The molecule has 0 aliphatic rings. The lowest BCUT2D eigenvalue weighted by Crippen LogP contribution is -1.95. The zero-order valence-electron chi connectivity index (χ0n) is 10.00. The number of hydrogen-bond acceptors (Lipinski definition) is 3. The lowest BCUT2D eigenvalue weighted by atomic mass is 10.1. The third-order valence-corrected chi connectivity index (χ3v) is 3.02. The van der Waals surface area contributed by atoms with Crippen LogP contribution in [0.5, 0.6) is 11.6 Å². The Morgan fingerprint density at radius 3 is 2.50 bits per heavy atom. The molecule has 0 radical (unpaired) electrons. The van der Waals surface area contributed by atoms with E-state index >= 15 is 0 Å². The molecule has 2 N–H and O–H groups in total. The van der Waals surface area contributed by atoms with Crippen molar-refractivity contribution in [3.8, 4) is 11.6 Å². The van der Waals surface area contributed by atoms with Gasteiger partial charge in [-0.05, 0) is 31.0 Å². The van der Waals surface area contributed by atoms with Crippen LogP contribution in [0.15, 0.2) is 24.4 Å². The average molecular weight is 283 g/mol. The molecule has 1 heterocycles. The third kappa shape index (κ3) is 2.68. The van der Waals surface area contributed by atoms with Crippen molar-refractivity contribution in [2.24, 2.45) is 0 Å². The Kier molecular flexibility index (Phi) is 3.64. The van der Waals surface area contributed by atoms with Gasteiger partial charge in [-0.1, -0.05) is 29.3 Å². The summed E-state index contributed by atoms with van der Waals surface area (Å²) in [6.45, 7) is 3.88. The lowest BCUT2D eigenvalue weighted by Gasteiger charge is -2.11. The molecule has 0 bridgehead atoms. The number of nitrogens with zero attached hydrogens (tertiary/aromatic N) is 1. The van der Waals surface area contributed by atoms with E-state index in [0.29, 0.717) is 27.4 Å². The van der Waals surface area contributed by atoms with E-state index in [2.05, 4.69) is 4.98 Å². The minimum Gasteiger partial charge on any atom is -0.437 e. The molecular weight excluding hydrogens is 271 g/mol. The van der Waals surface area contributed by atoms with Crippen LogP contribution in [0.25, 0.3) is 0 Å². The van der Waals surface area contributed by atoms with Crippen LogP contribution in [-0.2, 0) is 0 Å². The highest BCUT2D eigenvalue weighted by Gasteiger charge is 2.09. The number of halogens is 2. The molecule has 5 heteroatoms. The van der Waals surface area contributed by atoms with Gasteiger partial charge in [0.1, 0.15) is 10.8 Å². The van der Waals surface area contributed by atoms with Crippen LogP contribution >= 0.6 is 23.2 Å². The predicted molar refractivity (Wildman–Crippen MR) is 74.7 cm³/mol. The topological polar surface area (TPSA) is 48.1 Å². The van der Waals surface area contributed by atoms with Gasteiger partial charge in [-0.2, -0.15) is 0 Å². The first-order valence-corrected chi connectivity index (χ1v) is 6.08. The number of nitrogens with two attached hydrogens (primary N) is 1. The van der Waals surface area contributed by atoms with Crippen molar-refractivity contribution in [1.82, 2.24) is 4.98 Å². The number of aryl methyl sites for hydroxylation is 2. The van der Waals surface area contributed by atoms with Gasteiger partial charge in [-0.3, -0.25) is 0 Å². The molecule has 0 saturated heterocycles. The Bertz CT molecular complexity index is 600. The van der Waals surface area contributed by atoms with Gasteiger partial charge in [-0.15, -0.1) is 0 Å². The molecular formula is C13H12Cl2N2O. The molecule has 18 heavy (non-hydrogen) atoms. The van der Waals surface area contributed by atoms with Crippen molar-refractivity contribution in [3.63, 3.8) is 0 Å². The molecule has 0 aliphatic heterocycles. The van der Waals surface area contributed by atoms with Gasteiger partial charge in [0.15, 0.2) is 0 Å². The predicted octanol–water partition coefficient (Wildman–Crippen LogP) is 4.38. The van der Waals surface area contributed by atoms with Crippen molar-refractivity contribution < 1.29 is 4.74 Å². The van der Waals surface area contributed by atoms with Crippen molar-refractivity contribution in [2.45, 2.75) is 13.8 Å². The van der Waals surface area contributed by atoms with Crippen LogP contribution in [0, 0.1) is 13.8 Å². The van der Waals surface area contributed by atoms with Crippen LogP contribution in [0.4, 0.5) is 5.69 Å². The average Bonchev–Trinajstić information content (AvgIpc) is 2.29. The van der Waals surface area contributed by atoms with Gasteiger partial charge in [0, 0.05) is 18.0 Å². The Morgan fingerprint density at radius 2 is 1.83 bits per heavy atom. The fourth-order valence-corrected chi connectivity index (χ4v) is 1.96. The van der Waals surface area contributed by atoms with Crippen LogP contribution < -0.4 is 10.5 Å². The second-order valence-electron chi connectivity index (χ2n) is 4.02. The number of pyridine rings is 1. The molecule has 0 atom stereocenters. The molecule has 94 valence electrons. The molecule has 0 spiro atoms. The van der Waals surface area contributed by atoms with E-state index in [1.165, 1.54) is 6.20 Å². The van der Waals surface area contributed by atoms with Gasteiger partial charge < -0.3 is 10.5 Å². The summed E-state index contributed by atoms with van der Waals surface area (Å²) in [6.07, 6.45) is 1.48. The first kappa shape index (κ1) is 13.0. The number of anilines is 1. The summed E-state index contributed by atoms with van der Waals surface area (Å²) in [5, 5.41) is 0.827. The molecule has 1 aromatic carbocycles. The Labute approximate surface area is 115 Å². The van der Waals surface area contributed by atoms with Crippen LogP contribution in [0.3, 0.4) is 0 Å². The lowest BCUT2D eigenvalue weighted by molar-refractivity contribution is 0.460. The third-order valence-electron chi connectivity index (χ3n) is 2.54.